The molecule has 1 amide bonds. The Morgan fingerprint density at radius 1 is 1.23 bits per heavy atom. The number of carboxylic acids is 1. The zero-order valence-electron chi connectivity index (χ0n) is 12.7. The molecular weight excluding hydrogens is 282 g/mol. The zero-order valence-corrected chi connectivity index (χ0v) is 12.7. The van der Waals surface area contributed by atoms with Gasteiger partial charge in [0.1, 0.15) is 5.75 Å². The fraction of sp³-hybridized carbons (Fsp3) is 0.529. The number of amides is 1. The van der Waals surface area contributed by atoms with Gasteiger partial charge in [0.05, 0.1) is 13.0 Å². The summed E-state index contributed by atoms with van der Waals surface area (Å²) in [4.78, 5) is 24.7. The molecule has 0 radical (unpaired) electrons. The van der Waals surface area contributed by atoms with Crippen molar-refractivity contribution >= 4 is 11.9 Å². The lowest BCUT2D eigenvalue weighted by molar-refractivity contribution is -0.137. The van der Waals surface area contributed by atoms with Crippen molar-refractivity contribution in [3.05, 3.63) is 30.3 Å². The van der Waals surface area contributed by atoms with Crippen LogP contribution in [0, 0.1) is 5.92 Å². The molecule has 1 aromatic carbocycles. The summed E-state index contributed by atoms with van der Waals surface area (Å²) in [5.74, 6) is 0.410. The van der Waals surface area contributed by atoms with Gasteiger partial charge in [-0.3, -0.25) is 9.59 Å². The molecule has 120 valence electrons. The van der Waals surface area contributed by atoms with Gasteiger partial charge < -0.3 is 14.7 Å². The van der Waals surface area contributed by atoms with E-state index in [0.717, 1.165) is 25.1 Å². The fourth-order valence-corrected chi connectivity index (χ4v) is 2.79. The van der Waals surface area contributed by atoms with Crippen LogP contribution in [0.2, 0.25) is 0 Å². The van der Waals surface area contributed by atoms with Crippen LogP contribution in [0.15, 0.2) is 30.3 Å². The zero-order chi connectivity index (χ0) is 15.8. The third kappa shape index (κ3) is 5.39. The SMILES string of the molecule is O=C(O)CC[C@H]1CCCN(C(=O)CCOc2ccccc2)C1. The van der Waals surface area contributed by atoms with Crippen LogP contribution in [0.1, 0.15) is 32.1 Å². The molecule has 0 spiro atoms. The molecule has 5 heteroatoms. The van der Waals surface area contributed by atoms with Crippen LogP contribution in [0.5, 0.6) is 5.75 Å². The van der Waals surface area contributed by atoms with Gasteiger partial charge in [0.2, 0.25) is 5.91 Å². The first-order chi connectivity index (χ1) is 10.6. The molecule has 22 heavy (non-hydrogen) atoms. The van der Waals surface area contributed by atoms with Crippen molar-refractivity contribution in [1.29, 1.82) is 0 Å². The third-order valence-electron chi connectivity index (χ3n) is 3.97. The highest BCUT2D eigenvalue weighted by molar-refractivity contribution is 5.76. The predicted octanol–water partition coefficient (Wildman–Crippen LogP) is 2.56. The number of para-hydroxylation sites is 1. The van der Waals surface area contributed by atoms with Crippen molar-refractivity contribution in [2.75, 3.05) is 19.7 Å². The Balaban J connectivity index is 1.71. The highest BCUT2D eigenvalue weighted by Gasteiger charge is 2.23. The first-order valence-corrected chi connectivity index (χ1v) is 7.82. The summed E-state index contributed by atoms with van der Waals surface area (Å²) in [5, 5.41) is 8.75. The monoisotopic (exact) mass is 305 g/mol. The Kier molecular flexibility index (Phi) is 6.25. The molecule has 1 saturated heterocycles. The van der Waals surface area contributed by atoms with Gasteiger partial charge in [-0.1, -0.05) is 18.2 Å². The van der Waals surface area contributed by atoms with E-state index in [1.54, 1.807) is 0 Å². The van der Waals surface area contributed by atoms with Gasteiger partial charge in [-0.05, 0) is 37.3 Å². The summed E-state index contributed by atoms with van der Waals surface area (Å²) < 4.78 is 5.55. The highest BCUT2D eigenvalue weighted by atomic mass is 16.5. The number of aliphatic carboxylic acids is 1. The van der Waals surface area contributed by atoms with Crippen LogP contribution in [0.3, 0.4) is 0 Å². The molecule has 1 aliphatic rings. The van der Waals surface area contributed by atoms with Crippen LogP contribution in [-0.2, 0) is 9.59 Å². The maximum absolute atomic E-state index is 12.2. The lowest BCUT2D eigenvalue weighted by Gasteiger charge is -2.32. The van der Waals surface area contributed by atoms with Crippen molar-refractivity contribution in [3.63, 3.8) is 0 Å². The molecule has 0 bridgehead atoms. The lowest BCUT2D eigenvalue weighted by atomic mass is 9.93. The van der Waals surface area contributed by atoms with E-state index >= 15 is 0 Å². The Morgan fingerprint density at radius 2 is 2.00 bits per heavy atom. The number of likely N-dealkylation sites (tertiary alicyclic amines) is 1. The molecule has 2 rings (SSSR count). The average Bonchev–Trinajstić information content (AvgIpc) is 2.54. The topological polar surface area (TPSA) is 66.8 Å². The van der Waals surface area contributed by atoms with E-state index in [4.69, 9.17) is 9.84 Å². The van der Waals surface area contributed by atoms with E-state index in [2.05, 4.69) is 0 Å². The summed E-state index contributed by atoms with van der Waals surface area (Å²) in [7, 11) is 0. The van der Waals surface area contributed by atoms with Crippen LogP contribution in [0.25, 0.3) is 0 Å². The van der Waals surface area contributed by atoms with E-state index < -0.39 is 5.97 Å². The minimum absolute atomic E-state index is 0.0935. The van der Waals surface area contributed by atoms with Crippen molar-refractivity contribution in [2.45, 2.75) is 32.1 Å². The van der Waals surface area contributed by atoms with Crippen molar-refractivity contribution < 1.29 is 19.4 Å². The standard InChI is InChI=1S/C17H23NO4/c19-16(10-12-22-15-6-2-1-3-7-15)18-11-4-5-14(13-18)8-9-17(20)21/h1-3,6-7,14H,4-5,8-13H2,(H,20,21)/t14-/m1/s1. The smallest absolute Gasteiger partial charge is 0.303 e. The predicted molar refractivity (Wildman–Crippen MR) is 82.7 cm³/mol. The van der Waals surface area contributed by atoms with E-state index in [-0.39, 0.29) is 12.3 Å². The Hall–Kier alpha value is -2.04. The largest absolute Gasteiger partial charge is 0.493 e. The van der Waals surface area contributed by atoms with Gasteiger partial charge in [-0.15, -0.1) is 0 Å². The van der Waals surface area contributed by atoms with Crippen LogP contribution in [-0.4, -0.2) is 41.6 Å². The van der Waals surface area contributed by atoms with E-state index in [9.17, 15) is 9.59 Å². The van der Waals surface area contributed by atoms with Gasteiger partial charge in [0.25, 0.3) is 0 Å². The van der Waals surface area contributed by atoms with Gasteiger partial charge in [0.15, 0.2) is 0 Å². The van der Waals surface area contributed by atoms with Crippen molar-refractivity contribution in [2.24, 2.45) is 5.92 Å². The summed E-state index contributed by atoms with van der Waals surface area (Å²) in [6.45, 7) is 1.82. The maximum atomic E-state index is 12.2. The lowest BCUT2D eigenvalue weighted by Crippen LogP contribution is -2.40. The maximum Gasteiger partial charge on any atom is 0.303 e. The molecule has 1 N–H and O–H groups in total. The van der Waals surface area contributed by atoms with Gasteiger partial charge in [-0.25, -0.2) is 0 Å². The minimum atomic E-state index is -0.764. The molecule has 1 atom stereocenters. The van der Waals surface area contributed by atoms with Crippen LogP contribution >= 0.6 is 0 Å². The molecule has 1 fully saturated rings. The molecule has 0 saturated carbocycles. The van der Waals surface area contributed by atoms with Crippen molar-refractivity contribution in [1.82, 2.24) is 4.90 Å². The molecule has 1 aromatic rings. The molecule has 0 aromatic heterocycles. The number of benzene rings is 1. The molecule has 1 heterocycles. The quantitative estimate of drug-likeness (QED) is 0.840. The number of nitrogens with zero attached hydrogens (tertiary/aromatic N) is 1. The molecular formula is C17H23NO4. The normalized spacial score (nSPS) is 18.0. The molecule has 0 unspecified atom stereocenters. The number of rotatable bonds is 7. The summed E-state index contributed by atoms with van der Waals surface area (Å²) in [5.41, 5.74) is 0. The second-order valence-electron chi connectivity index (χ2n) is 5.69. The van der Waals surface area contributed by atoms with Crippen LogP contribution < -0.4 is 4.74 Å². The number of ether oxygens (including phenoxy) is 1. The van der Waals surface area contributed by atoms with Crippen molar-refractivity contribution in [3.8, 4) is 5.75 Å². The van der Waals surface area contributed by atoms with E-state index in [0.29, 0.717) is 31.9 Å². The minimum Gasteiger partial charge on any atom is -0.493 e. The molecule has 0 aliphatic carbocycles. The number of hydrogen-bond donors (Lipinski definition) is 1. The van der Waals surface area contributed by atoms with Crippen LogP contribution in [0.4, 0.5) is 0 Å². The molecule has 1 aliphatic heterocycles. The second-order valence-corrected chi connectivity index (χ2v) is 5.69. The average molecular weight is 305 g/mol. The number of piperidine rings is 1. The second kappa shape index (κ2) is 8.41. The highest BCUT2D eigenvalue weighted by Crippen LogP contribution is 2.21. The Labute approximate surface area is 130 Å². The molecule has 5 nitrogen and oxygen atoms in total. The number of carbonyl (C=O) groups is 2. The number of hydrogen-bond acceptors (Lipinski definition) is 3. The Bertz CT molecular complexity index is 489. The fourth-order valence-electron chi connectivity index (χ4n) is 2.79. The van der Waals surface area contributed by atoms with Gasteiger partial charge in [0, 0.05) is 19.5 Å². The van der Waals surface area contributed by atoms with E-state index in [1.807, 2.05) is 35.2 Å². The third-order valence-corrected chi connectivity index (χ3v) is 3.97. The summed E-state index contributed by atoms with van der Waals surface area (Å²) in [6, 6.07) is 9.45. The number of carboxylic acid groups (broad SMARTS) is 1. The van der Waals surface area contributed by atoms with E-state index in [1.165, 1.54) is 0 Å². The summed E-state index contributed by atoms with van der Waals surface area (Å²) in [6.07, 6.45) is 3.16. The summed E-state index contributed by atoms with van der Waals surface area (Å²) >= 11 is 0. The Morgan fingerprint density at radius 3 is 2.73 bits per heavy atom. The number of carbonyl (C=O) groups excluding carboxylic acids is 1. The first-order valence-electron chi connectivity index (χ1n) is 7.82. The first kappa shape index (κ1) is 16.3. The van der Waals surface area contributed by atoms with Gasteiger partial charge >= 0.3 is 5.97 Å². The van der Waals surface area contributed by atoms with Gasteiger partial charge in [-0.2, -0.15) is 0 Å².